The Morgan fingerprint density at radius 1 is 1.31 bits per heavy atom. The molecular formula is C13H20N2O. The van der Waals surface area contributed by atoms with E-state index in [1.807, 2.05) is 18.2 Å². The Hall–Kier alpha value is -1.35. The first kappa shape index (κ1) is 12.7. The molecule has 0 saturated heterocycles. The van der Waals surface area contributed by atoms with E-state index >= 15 is 0 Å². The molecule has 2 N–H and O–H groups in total. The lowest BCUT2D eigenvalue weighted by Gasteiger charge is -2.23. The van der Waals surface area contributed by atoms with Crippen LogP contribution in [0.5, 0.6) is 0 Å². The van der Waals surface area contributed by atoms with Crippen LogP contribution in [0.2, 0.25) is 0 Å². The van der Waals surface area contributed by atoms with Gasteiger partial charge in [-0.15, -0.1) is 0 Å². The molecule has 0 bridgehead atoms. The number of hydrogen-bond donors (Lipinski definition) is 1. The summed E-state index contributed by atoms with van der Waals surface area (Å²) in [6, 6.07) is 9.75. The maximum atomic E-state index is 11.6. The fraction of sp³-hybridized carbons (Fsp3) is 0.462. The quantitative estimate of drug-likeness (QED) is 0.837. The molecule has 1 rings (SSSR count). The Morgan fingerprint density at radius 3 is 2.38 bits per heavy atom. The van der Waals surface area contributed by atoms with Gasteiger partial charge in [-0.05, 0) is 18.4 Å². The third kappa shape index (κ3) is 3.35. The van der Waals surface area contributed by atoms with Crippen LogP contribution in [0.1, 0.15) is 25.3 Å². The molecule has 1 aromatic rings. The number of likely N-dealkylation sites (N-methyl/N-ethyl adjacent to an activating group) is 1. The number of amides is 1. The second-order valence-electron chi connectivity index (χ2n) is 4.32. The normalized spacial score (nSPS) is 14.2. The van der Waals surface area contributed by atoms with Gasteiger partial charge >= 0.3 is 0 Å². The van der Waals surface area contributed by atoms with Crippen molar-refractivity contribution in [3.63, 3.8) is 0 Å². The van der Waals surface area contributed by atoms with Gasteiger partial charge in [-0.25, -0.2) is 0 Å². The molecule has 0 saturated carbocycles. The molecule has 16 heavy (non-hydrogen) atoms. The second kappa shape index (κ2) is 5.66. The summed E-state index contributed by atoms with van der Waals surface area (Å²) in [5.41, 5.74) is 6.80. The Bertz CT molecular complexity index is 335. The molecule has 0 aliphatic heterocycles. The van der Waals surface area contributed by atoms with Gasteiger partial charge in [-0.2, -0.15) is 0 Å². The molecule has 0 aliphatic rings. The SMILES string of the molecule is CC(CN(C)C(=O)[C@@H](C)N)c1ccccc1. The van der Waals surface area contributed by atoms with Crippen molar-refractivity contribution in [1.82, 2.24) is 4.90 Å². The molecule has 0 heterocycles. The minimum atomic E-state index is -0.423. The van der Waals surface area contributed by atoms with Gasteiger partial charge in [0.05, 0.1) is 6.04 Å². The van der Waals surface area contributed by atoms with Gasteiger partial charge in [0.25, 0.3) is 0 Å². The van der Waals surface area contributed by atoms with Gasteiger partial charge in [0.15, 0.2) is 0 Å². The lowest BCUT2D eigenvalue weighted by molar-refractivity contribution is -0.131. The molecule has 3 nitrogen and oxygen atoms in total. The molecule has 88 valence electrons. The monoisotopic (exact) mass is 220 g/mol. The summed E-state index contributed by atoms with van der Waals surface area (Å²) in [7, 11) is 1.80. The lowest BCUT2D eigenvalue weighted by atomic mass is 10.0. The van der Waals surface area contributed by atoms with Crippen molar-refractivity contribution in [2.45, 2.75) is 25.8 Å². The van der Waals surface area contributed by atoms with E-state index in [1.165, 1.54) is 5.56 Å². The maximum absolute atomic E-state index is 11.6. The molecule has 0 spiro atoms. The predicted molar refractivity (Wildman–Crippen MR) is 66.1 cm³/mol. The molecular weight excluding hydrogens is 200 g/mol. The molecule has 0 fully saturated rings. The van der Waals surface area contributed by atoms with Crippen LogP contribution in [0.15, 0.2) is 30.3 Å². The van der Waals surface area contributed by atoms with Gasteiger partial charge < -0.3 is 10.6 Å². The zero-order chi connectivity index (χ0) is 12.1. The van der Waals surface area contributed by atoms with Crippen molar-refractivity contribution in [3.8, 4) is 0 Å². The lowest BCUT2D eigenvalue weighted by Crippen LogP contribution is -2.41. The highest BCUT2D eigenvalue weighted by molar-refractivity contribution is 5.80. The summed E-state index contributed by atoms with van der Waals surface area (Å²) in [6.07, 6.45) is 0. The largest absolute Gasteiger partial charge is 0.344 e. The van der Waals surface area contributed by atoms with Gasteiger partial charge in [-0.1, -0.05) is 37.3 Å². The zero-order valence-electron chi connectivity index (χ0n) is 10.2. The number of benzene rings is 1. The fourth-order valence-electron chi connectivity index (χ4n) is 1.74. The van der Waals surface area contributed by atoms with Crippen molar-refractivity contribution in [3.05, 3.63) is 35.9 Å². The molecule has 3 heteroatoms. The first-order chi connectivity index (χ1) is 7.52. The standard InChI is InChI=1S/C13H20N2O/c1-10(12-7-5-4-6-8-12)9-15(3)13(16)11(2)14/h4-8,10-11H,9,14H2,1-3H3/t10?,11-/m1/s1. The number of rotatable bonds is 4. The van der Waals surface area contributed by atoms with Gasteiger partial charge in [0.1, 0.15) is 0 Å². The number of carbonyl (C=O) groups excluding carboxylic acids is 1. The van der Waals surface area contributed by atoms with Crippen LogP contribution in [0.3, 0.4) is 0 Å². The van der Waals surface area contributed by atoms with Gasteiger partial charge in [0.2, 0.25) is 5.91 Å². The highest BCUT2D eigenvalue weighted by Crippen LogP contribution is 2.15. The van der Waals surface area contributed by atoms with Crippen molar-refractivity contribution in [2.24, 2.45) is 5.73 Å². The van der Waals surface area contributed by atoms with Crippen molar-refractivity contribution < 1.29 is 4.79 Å². The third-order valence-electron chi connectivity index (χ3n) is 2.68. The molecule has 0 aromatic heterocycles. The van der Waals surface area contributed by atoms with E-state index in [2.05, 4.69) is 19.1 Å². The van der Waals surface area contributed by atoms with Crippen molar-refractivity contribution >= 4 is 5.91 Å². The summed E-state index contributed by atoms with van der Waals surface area (Å²) in [5.74, 6) is 0.316. The Balaban J connectivity index is 2.58. The Morgan fingerprint density at radius 2 is 1.88 bits per heavy atom. The maximum Gasteiger partial charge on any atom is 0.238 e. The smallest absolute Gasteiger partial charge is 0.238 e. The second-order valence-corrected chi connectivity index (χ2v) is 4.32. The molecule has 1 aromatic carbocycles. The van der Waals surface area contributed by atoms with E-state index in [0.29, 0.717) is 12.5 Å². The summed E-state index contributed by atoms with van der Waals surface area (Å²) < 4.78 is 0. The highest BCUT2D eigenvalue weighted by atomic mass is 16.2. The highest BCUT2D eigenvalue weighted by Gasteiger charge is 2.16. The van der Waals surface area contributed by atoms with Crippen LogP contribution >= 0.6 is 0 Å². The zero-order valence-corrected chi connectivity index (χ0v) is 10.2. The minimum Gasteiger partial charge on any atom is -0.344 e. The minimum absolute atomic E-state index is 0.0113. The number of nitrogens with zero attached hydrogens (tertiary/aromatic N) is 1. The van der Waals surface area contributed by atoms with Crippen LogP contribution in [-0.2, 0) is 4.79 Å². The average Bonchev–Trinajstić information content (AvgIpc) is 2.28. The summed E-state index contributed by atoms with van der Waals surface area (Å²) in [6.45, 7) is 4.52. The van der Waals surface area contributed by atoms with Crippen LogP contribution in [0, 0.1) is 0 Å². The predicted octanol–water partition coefficient (Wildman–Crippen LogP) is 1.60. The van der Waals surface area contributed by atoms with Crippen LogP contribution in [0.25, 0.3) is 0 Å². The van der Waals surface area contributed by atoms with Crippen molar-refractivity contribution in [1.29, 1.82) is 0 Å². The molecule has 0 aliphatic carbocycles. The van der Waals surface area contributed by atoms with Crippen LogP contribution in [-0.4, -0.2) is 30.4 Å². The van der Waals surface area contributed by atoms with Crippen molar-refractivity contribution in [2.75, 3.05) is 13.6 Å². The van der Waals surface area contributed by atoms with E-state index in [4.69, 9.17) is 5.73 Å². The Labute approximate surface area is 97.2 Å². The molecule has 2 atom stereocenters. The average molecular weight is 220 g/mol. The topological polar surface area (TPSA) is 46.3 Å². The Kier molecular flexibility index (Phi) is 4.50. The van der Waals surface area contributed by atoms with Gasteiger partial charge in [-0.3, -0.25) is 4.79 Å². The molecule has 0 radical (unpaired) electrons. The molecule has 1 unspecified atom stereocenters. The van der Waals surface area contributed by atoms with Crippen LogP contribution < -0.4 is 5.73 Å². The van der Waals surface area contributed by atoms with E-state index in [0.717, 1.165) is 0 Å². The van der Waals surface area contributed by atoms with E-state index < -0.39 is 6.04 Å². The van der Waals surface area contributed by atoms with E-state index in [-0.39, 0.29) is 5.91 Å². The van der Waals surface area contributed by atoms with E-state index in [1.54, 1.807) is 18.9 Å². The first-order valence-corrected chi connectivity index (χ1v) is 5.58. The molecule has 1 amide bonds. The number of carbonyl (C=O) groups is 1. The van der Waals surface area contributed by atoms with Crippen LogP contribution in [0.4, 0.5) is 0 Å². The summed E-state index contributed by atoms with van der Waals surface area (Å²) >= 11 is 0. The summed E-state index contributed by atoms with van der Waals surface area (Å²) in [5, 5.41) is 0. The van der Waals surface area contributed by atoms with Gasteiger partial charge in [0, 0.05) is 13.6 Å². The van der Waals surface area contributed by atoms with E-state index in [9.17, 15) is 4.79 Å². The number of hydrogen-bond acceptors (Lipinski definition) is 2. The fourth-order valence-corrected chi connectivity index (χ4v) is 1.74. The third-order valence-corrected chi connectivity index (χ3v) is 2.68. The first-order valence-electron chi connectivity index (χ1n) is 5.58. The summed E-state index contributed by atoms with van der Waals surface area (Å²) in [4.78, 5) is 13.3. The number of nitrogens with two attached hydrogens (primary N) is 1.